The van der Waals surface area contributed by atoms with E-state index in [2.05, 4.69) is 4.90 Å². The summed E-state index contributed by atoms with van der Waals surface area (Å²) in [6.07, 6.45) is 3.95. The van der Waals surface area contributed by atoms with Gasteiger partial charge in [0.05, 0.1) is 5.69 Å². The summed E-state index contributed by atoms with van der Waals surface area (Å²) in [6, 6.07) is 0. The molecule has 1 aliphatic heterocycles. The summed E-state index contributed by atoms with van der Waals surface area (Å²) in [5, 5.41) is 1.21. The van der Waals surface area contributed by atoms with Gasteiger partial charge in [0.15, 0.2) is 5.13 Å². The van der Waals surface area contributed by atoms with E-state index in [0.717, 1.165) is 5.92 Å². The van der Waals surface area contributed by atoms with Crippen LogP contribution in [0.3, 0.4) is 0 Å². The fraction of sp³-hybridized carbons (Fsp3) is 0.700. The van der Waals surface area contributed by atoms with Crippen molar-refractivity contribution in [2.24, 2.45) is 5.73 Å². The first-order valence-electron chi connectivity index (χ1n) is 5.33. The molecule has 1 saturated heterocycles. The number of nitrogens with zero attached hydrogens (tertiary/aromatic N) is 2. The largest absolute Gasteiger partial charge is 0.348 e. The molecule has 1 saturated carbocycles. The van der Waals surface area contributed by atoms with Crippen molar-refractivity contribution in [1.29, 1.82) is 0 Å². The minimum Gasteiger partial charge on any atom is -0.348 e. The van der Waals surface area contributed by atoms with Gasteiger partial charge in [0, 0.05) is 30.4 Å². The second kappa shape index (κ2) is 3.21. The molecule has 0 aromatic carbocycles. The van der Waals surface area contributed by atoms with Crippen molar-refractivity contribution in [2.45, 2.75) is 31.7 Å². The van der Waals surface area contributed by atoms with Crippen LogP contribution in [-0.2, 0) is 6.54 Å². The fourth-order valence-corrected chi connectivity index (χ4v) is 2.89. The molecule has 1 aromatic heterocycles. The first-order valence-corrected chi connectivity index (χ1v) is 6.14. The normalized spacial score (nSPS) is 21.1. The van der Waals surface area contributed by atoms with Crippen molar-refractivity contribution >= 4 is 16.5 Å². The highest BCUT2D eigenvalue weighted by atomic mass is 32.1. The molecule has 0 spiro atoms. The lowest BCUT2D eigenvalue weighted by Gasteiger charge is -2.30. The number of anilines is 1. The van der Waals surface area contributed by atoms with Crippen molar-refractivity contribution in [3.05, 3.63) is 10.6 Å². The van der Waals surface area contributed by atoms with Gasteiger partial charge in [0.1, 0.15) is 0 Å². The highest BCUT2D eigenvalue weighted by Crippen LogP contribution is 2.44. The number of rotatable bonds is 3. The molecule has 0 bridgehead atoms. The average molecular weight is 209 g/mol. The summed E-state index contributed by atoms with van der Waals surface area (Å²) < 4.78 is 0. The summed E-state index contributed by atoms with van der Waals surface area (Å²) in [5.41, 5.74) is 7.05. The predicted molar refractivity (Wildman–Crippen MR) is 58.8 cm³/mol. The van der Waals surface area contributed by atoms with Crippen molar-refractivity contribution in [2.75, 3.05) is 18.0 Å². The first kappa shape index (κ1) is 8.68. The van der Waals surface area contributed by atoms with Crippen LogP contribution in [0.4, 0.5) is 5.13 Å². The molecule has 0 amide bonds. The third-order valence-corrected chi connectivity index (χ3v) is 4.15. The van der Waals surface area contributed by atoms with E-state index in [-0.39, 0.29) is 0 Å². The summed E-state index contributed by atoms with van der Waals surface area (Å²) in [5.74, 6) is 0.736. The van der Waals surface area contributed by atoms with Gasteiger partial charge in [-0.3, -0.25) is 0 Å². The number of thiazole rings is 1. The molecule has 3 nitrogen and oxygen atoms in total. The van der Waals surface area contributed by atoms with Crippen LogP contribution in [0.1, 0.15) is 35.8 Å². The Balaban J connectivity index is 1.89. The Kier molecular flexibility index (Phi) is 1.99. The Morgan fingerprint density at radius 1 is 1.43 bits per heavy atom. The predicted octanol–water partition coefficient (Wildman–Crippen LogP) is 1.69. The zero-order chi connectivity index (χ0) is 9.54. The molecule has 1 aliphatic carbocycles. The van der Waals surface area contributed by atoms with Gasteiger partial charge in [-0.2, -0.15) is 0 Å². The lowest BCUT2D eigenvalue weighted by atomic mass is 10.2. The van der Waals surface area contributed by atoms with Crippen LogP contribution in [0.25, 0.3) is 0 Å². The smallest absolute Gasteiger partial charge is 0.185 e. The molecule has 2 fully saturated rings. The van der Waals surface area contributed by atoms with Gasteiger partial charge in [-0.15, -0.1) is 11.3 Å². The topological polar surface area (TPSA) is 42.1 Å². The van der Waals surface area contributed by atoms with E-state index in [0.29, 0.717) is 6.54 Å². The molecule has 2 heterocycles. The molecule has 0 radical (unpaired) electrons. The van der Waals surface area contributed by atoms with Gasteiger partial charge < -0.3 is 10.6 Å². The van der Waals surface area contributed by atoms with E-state index in [1.165, 1.54) is 48.1 Å². The van der Waals surface area contributed by atoms with E-state index in [4.69, 9.17) is 10.7 Å². The third kappa shape index (κ3) is 1.33. The second-order valence-electron chi connectivity index (χ2n) is 4.12. The summed E-state index contributed by atoms with van der Waals surface area (Å²) >= 11 is 1.80. The van der Waals surface area contributed by atoms with Gasteiger partial charge in [-0.05, 0) is 19.3 Å². The first-order chi connectivity index (χ1) is 6.88. The van der Waals surface area contributed by atoms with Crippen LogP contribution in [0.15, 0.2) is 0 Å². The van der Waals surface area contributed by atoms with E-state index in [9.17, 15) is 0 Å². The summed E-state index contributed by atoms with van der Waals surface area (Å²) in [6.45, 7) is 3.03. The SMILES string of the molecule is NCc1sc(N2CCC2)nc1C1CC1. The Morgan fingerprint density at radius 3 is 2.71 bits per heavy atom. The maximum absolute atomic E-state index is 5.74. The Labute approximate surface area is 87.9 Å². The van der Waals surface area contributed by atoms with Crippen LogP contribution in [0.2, 0.25) is 0 Å². The van der Waals surface area contributed by atoms with Gasteiger partial charge in [-0.1, -0.05) is 0 Å². The molecule has 14 heavy (non-hydrogen) atoms. The molecular weight excluding hydrogens is 194 g/mol. The molecule has 1 aromatic rings. The Bertz CT molecular complexity index is 339. The lowest BCUT2D eigenvalue weighted by molar-refractivity contribution is 0.615. The molecule has 3 rings (SSSR count). The second-order valence-corrected chi connectivity index (χ2v) is 5.19. The van der Waals surface area contributed by atoms with E-state index >= 15 is 0 Å². The number of aromatic nitrogens is 1. The molecule has 4 heteroatoms. The van der Waals surface area contributed by atoms with Crippen molar-refractivity contribution in [3.63, 3.8) is 0 Å². The van der Waals surface area contributed by atoms with Crippen LogP contribution in [0.5, 0.6) is 0 Å². The molecule has 2 N–H and O–H groups in total. The Morgan fingerprint density at radius 2 is 2.21 bits per heavy atom. The molecule has 0 atom stereocenters. The minimum absolute atomic E-state index is 0.664. The van der Waals surface area contributed by atoms with Gasteiger partial charge in [0.2, 0.25) is 0 Å². The highest BCUT2D eigenvalue weighted by Gasteiger charge is 2.30. The van der Waals surface area contributed by atoms with Crippen LogP contribution < -0.4 is 10.6 Å². The summed E-state index contributed by atoms with van der Waals surface area (Å²) in [7, 11) is 0. The third-order valence-electron chi connectivity index (χ3n) is 2.99. The van der Waals surface area contributed by atoms with Gasteiger partial charge in [0.25, 0.3) is 0 Å². The molecular formula is C10H15N3S. The average Bonchev–Trinajstić information content (AvgIpc) is 2.85. The number of hydrogen-bond acceptors (Lipinski definition) is 4. The van der Waals surface area contributed by atoms with Crippen LogP contribution in [-0.4, -0.2) is 18.1 Å². The van der Waals surface area contributed by atoms with E-state index < -0.39 is 0 Å². The fourth-order valence-electron chi connectivity index (χ4n) is 1.82. The van der Waals surface area contributed by atoms with Crippen LogP contribution in [0, 0.1) is 0 Å². The quantitative estimate of drug-likeness (QED) is 0.823. The van der Waals surface area contributed by atoms with Crippen molar-refractivity contribution in [1.82, 2.24) is 4.98 Å². The van der Waals surface area contributed by atoms with Crippen molar-refractivity contribution in [3.8, 4) is 0 Å². The maximum atomic E-state index is 5.74. The lowest BCUT2D eigenvalue weighted by Crippen LogP contribution is -2.36. The van der Waals surface area contributed by atoms with E-state index in [1.54, 1.807) is 11.3 Å². The Hall–Kier alpha value is -0.610. The number of nitrogens with two attached hydrogens (primary N) is 1. The standard InChI is InChI=1S/C10H15N3S/c11-6-8-9(7-2-3-7)12-10(14-8)13-4-1-5-13/h7H,1-6,11H2. The number of hydrogen-bond donors (Lipinski definition) is 1. The highest BCUT2D eigenvalue weighted by molar-refractivity contribution is 7.15. The summed E-state index contributed by atoms with van der Waals surface area (Å²) in [4.78, 5) is 8.40. The van der Waals surface area contributed by atoms with Crippen molar-refractivity contribution < 1.29 is 0 Å². The molecule has 76 valence electrons. The monoisotopic (exact) mass is 209 g/mol. The minimum atomic E-state index is 0.664. The van der Waals surface area contributed by atoms with Gasteiger partial charge in [-0.25, -0.2) is 4.98 Å². The van der Waals surface area contributed by atoms with Crippen LogP contribution >= 0.6 is 11.3 Å². The molecule has 2 aliphatic rings. The zero-order valence-corrected chi connectivity index (χ0v) is 9.02. The maximum Gasteiger partial charge on any atom is 0.185 e. The van der Waals surface area contributed by atoms with E-state index in [1.807, 2.05) is 0 Å². The molecule has 0 unspecified atom stereocenters. The van der Waals surface area contributed by atoms with Gasteiger partial charge >= 0.3 is 0 Å². The zero-order valence-electron chi connectivity index (χ0n) is 8.20.